The number of imidazole rings is 2. The number of carboxylic acid groups (broad SMARTS) is 1. The number of aromatic nitrogens is 4. The van der Waals surface area contributed by atoms with E-state index in [1.165, 1.54) is 28.7 Å². The van der Waals surface area contributed by atoms with Gasteiger partial charge in [0.05, 0.1) is 101 Å². The first kappa shape index (κ1) is 75.3. The lowest BCUT2D eigenvalue weighted by Crippen LogP contribution is -2.48. The molecule has 19 nitrogen and oxygen atoms in total. The van der Waals surface area contributed by atoms with Gasteiger partial charge < -0.3 is 48.4 Å². The number of hydrogen-bond donors (Lipinski definition) is 1. The molecule has 0 spiro atoms. The van der Waals surface area contributed by atoms with Crippen molar-refractivity contribution in [1.82, 2.24) is 28.9 Å². The number of carbonyl (C=O) groups excluding carboxylic acids is 4. The molecule has 3 fully saturated rings. The Labute approximate surface area is 630 Å². The molecule has 0 radical (unpaired) electrons. The summed E-state index contributed by atoms with van der Waals surface area (Å²) in [6, 6.07) is 51.7. The number of carbonyl (C=O) groups is 5. The van der Waals surface area contributed by atoms with Crippen LogP contribution in [0.3, 0.4) is 0 Å². The summed E-state index contributed by atoms with van der Waals surface area (Å²) in [5.41, 5.74) is 9.34. The Morgan fingerprint density at radius 2 is 1.10 bits per heavy atom. The van der Waals surface area contributed by atoms with E-state index >= 15 is 0 Å². The van der Waals surface area contributed by atoms with Gasteiger partial charge in [0.1, 0.15) is 5.82 Å². The molecule has 2 atom stereocenters. The third-order valence-electron chi connectivity index (χ3n) is 18.5. The number of piperazine rings is 2. The SMILES string of the molecule is COC1CCCC(C(=O)O)C1.CSc1ccc(Cl)c(C(=O)N(Cc2cncn2Cc2ccc(C#N)cc2)c2ccc(N3CCN(C(=O)c4ccc(Cl)s4)CC3)cc2)c1.Cc1ccc(C(=O)N(Cc2cncn2Cc2ccc(C#N)cc2)c2ccc(N3CCN(C(=O)c4ccc(Cl)s4)CC3)cc2)cc1F. The average Bonchev–Trinajstić information content (AvgIpc) is 1.12. The first-order chi connectivity index (χ1) is 50.3. The summed E-state index contributed by atoms with van der Waals surface area (Å²) in [7, 11) is 1.65. The molecule has 1 aliphatic carbocycles. The van der Waals surface area contributed by atoms with E-state index in [-0.39, 0.29) is 54.3 Å². The second-order valence-electron chi connectivity index (χ2n) is 25.1. The standard InChI is InChI=1S/C35H30Cl2N6O2S2.C35H30ClFN6O2S.C8H14O3/c1-46-29-10-11-31(36)30(18-29)34(44)43(22-28-20-39-23-42(28)21-25-4-2-24(19-38)3-5-25)27-8-6-26(7-9-27)40-14-16-41(17-15-40)35(45)32-12-13-33(37)47-32;1-24-2-7-27(18-31(24)37)34(44)43(22-30-20-39-23-42(30)21-26-5-3-25(19-38)4-6-26)29-10-8-28(9-11-29)40-14-16-41(17-15-40)35(45)32-12-13-33(36)46-32;1-11-7-4-2-3-6(5-7)8(9)10/h2-13,18,20,23H,14-17,21-22H2,1H3;2-13,18,20,23H,14-17,21-22H2,1H3;6-7H,2-5H2,1H3,(H,9,10). The number of rotatable bonds is 19. The van der Waals surface area contributed by atoms with Crippen molar-refractivity contribution in [3.63, 3.8) is 0 Å². The number of thioether (sulfide) groups is 1. The van der Waals surface area contributed by atoms with Crippen LogP contribution in [0.4, 0.5) is 27.1 Å². The first-order valence-corrected chi connectivity index (χ1v) is 37.6. The van der Waals surface area contributed by atoms with Gasteiger partial charge in [-0.1, -0.05) is 71.6 Å². The third kappa shape index (κ3) is 19.1. The Balaban J connectivity index is 0.000000181. The normalized spacial score (nSPS) is 15.0. The van der Waals surface area contributed by atoms with E-state index in [9.17, 15) is 28.4 Å². The molecule has 4 aromatic heterocycles. The molecular weight excluding hydrogens is 1440 g/mol. The van der Waals surface area contributed by atoms with Crippen LogP contribution in [0.2, 0.25) is 13.7 Å². The van der Waals surface area contributed by atoms with Crippen LogP contribution in [-0.2, 0) is 35.7 Å². The van der Waals surface area contributed by atoms with Crippen LogP contribution in [0.15, 0.2) is 188 Å². The fourth-order valence-electron chi connectivity index (χ4n) is 12.5. The Morgan fingerprint density at radius 1 is 0.615 bits per heavy atom. The number of methoxy groups -OCH3 is 1. The van der Waals surface area contributed by atoms with Crippen molar-refractivity contribution in [3.8, 4) is 12.1 Å². The van der Waals surface area contributed by atoms with Gasteiger partial charge >= 0.3 is 5.97 Å². The molecule has 4 amide bonds. The van der Waals surface area contributed by atoms with Crippen LogP contribution in [0, 0.1) is 41.3 Å². The summed E-state index contributed by atoms with van der Waals surface area (Å²) in [5.74, 6) is -1.84. The van der Waals surface area contributed by atoms with E-state index < -0.39 is 11.8 Å². The lowest BCUT2D eigenvalue weighted by molar-refractivity contribution is -0.144. The zero-order valence-electron chi connectivity index (χ0n) is 57.3. The molecule has 26 heteroatoms. The van der Waals surface area contributed by atoms with E-state index in [0.29, 0.717) is 123 Å². The molecule has 3 aliphatic rings. The van der Waals surface area contributed by atoms with E-state index in [0.717, 1.165) is 63.7 Å². The van der Waals surface area contributed by atoms with Crippen LogP contribution < -0.4 is 19.6 Å². The zero-order chi connectivity index (χ0) is 73.4. The maximum atomic E-state index is 14.5. The molecule has 1 N–H and O–H groups in total. The molecule has 104 heavy (non-hydrogen) atoms. The number of amides is 4. The Bertz CT molecular complexity index is 4730. The van der Waals surface area contributed by atoms with Crippen molar-refractivity contribution in [2.24, 2.45) is 5.92 Å². The Kier molecular flexibility index (Phi) is 25.8. The highest BCUT2D eigenvalue weighted by Gasteiger charge is 2.30. The number of anilines is 4. The van der Waals surface area contributed by atoms with Crippen molar-refractivity contribution in [3.05, 3.63) is 262 Å². The number of thiophene rings is 2. The number of nitrogens with zero attached hydrogens (tertiary/aromatic N) is 12. The zero-order valence-corrected chi connectivity index (χ0v) is 62.0. The summed E-state index contributed by atoms with van der Waals surface area (Å²) in [5, 5.41) is 27.4. The van der Waals surface area contributed by atoms with Gasteiger partial charge in [-0.3, -0.25) is 24.0 Å². The van der Waals surface area contributed by atoms with Gasteiger partial charge in [0.2, 0.25) is 0 Å². The Hall–Kier alpha value is -9.82. The summed E-state index contributed by atoms with van der Waals surface area (Å²) in [6.45, 7) is 8.29. The van der Waals surface area contributed by atoms with Gasteiger partial charge in [-0.2, -0.15) is 10.5 Å². The van der Waals surface area contributed by atoms with Gasteiger partial charge in [0.15, 0.2) is 0 Å². The number of benzene rings is 6. The van der Waals surface area contributed by atoms with Gasteiger partial charge in [0, 0.05) is 118 Å². The smallest absolute Gasteiger partial charge is 0.306 e. The van der Waals surface area contributed by atoms with E-state index in [2.05, 4.69) is 31.9 Å². The highest BCUT2D eigenvalue weighted by molar-refractivity contribution is 7.98. The van der Waals surface area contributed by atoms with Crippen LogP contribution in [-0.4, -0.2) is 135 Å². The lowest BCUT2D eigenvalue weighted by Gasteiger charge is -2.36. The second-order valence-corrected chi connectivity index (χ2v) is 29.8. The largest absolute Gasteiger partial charge is 0.481 e. The topological polar surface area (TPSA) is 217 Å². The van der Waals surface area contributed by atoms with Crippen LogP contribution in [0.25, 0.3) is 0 Å². The first-order valence-electron chi connectivity index (χ1n) is 33.6. The highest BCUT2D eigenvalue weighted by Crippen LogP contribution is 2.33. The number of hydrogen-bond acceptors (Lipinski definition) is 15. The molecule has 10 aromatic rings. The minimum Gasteiger partial charge on any atom is -0.481 e. The van der Waals surface area contributed by atoms with E-state index in [4.69, 9.17) is 55.2 Å². The molecule has 2 saturated heterocycles. The minimum absolute atomic E-state index is 0.00739. The number of ether oxygens (including phenoxy) is 1. The van der Waals surface area contributed by atoms with Crippen molar-refractivity contribution in [2.45, 2.75) is 69.8 Å². The van der Waals surface area contributed by atoms with Crippen LogP contribution >= 0.6 is 69.2 Å². The van der Waals surface area contributed by atoms with Gasteiger partial charge in [0.25, 0.3) is 23.6 Å². The quantitative estimate of drug-likeness (QED) is 0.0745. The maximum absolute atomic E-state index is 14.5. The molecule has 2 aliphatic heterocycles. The average molecular weight is 1510 g/mol. The predicted octanol–water partition coefficient (Wildman–Crippen LogP) is 15.8. The van der Waals surface area contributed by atoms with Gasteiger partial charge in [-0.25, -0.2) is 14.4 Å². The fourth-order valence-corrected chi connectivity index (χ4v) is 15.2. The third-order valence-corrected chi connectivity index (χ3v) is 22.0. The van der Waals surface area contributed by atoms with Crippen LogP contribution in [0.1, 0.15) is 105 Å². The molecule has 2 unspecified atom stereocenters. The monoisotopic (exact) mass is 1510 g/mol. The molecule has 6 aromatic carbocycles. The fraction of sp³-hybridized carbons (Fsp3) is 0.269. The molecule has 6 heterocycles. The molecule has 0 bridgehead atoms. The van der Waals surface area contributed by atoms with Crippen molar-refractivity contribution in [2.75, 3.05) is 85.3 Å². The number of halogens is 4. The predicted molar refractivity (Wildman–Crippen MR) is 409 cm³/mol. The minimum atomic E-state index is -0.674. The van der Waals surface area contributed by atoms with Gasteiger partial charge in [-0.05, 0) is 177 Å². The summed E-state index contributed by atoms with van der Waals surface area (Å²) < 4.78 is 24.8. The van der Waals surface area contributed by atoms with Crippen molar-refractivity contribution >= 4 is 122 Å². The van der Waals surface area contributed by atoms with Crippen LogP contribution in [0.5, 0.6) is 0 Å². The van der Waals surface area contributed by atoms with Crippen molar-refractivity contribution < 1.29 is 38.2 Å². The van der Waals surface area contributed by atoms with E-state index in [1.54, 1.807) is 127 Å². The molecule has 534 valence electrons. The maximum Gasteiger partial charge on any atom is 0.306 e. The summed E-state index contributed by atoms with van der Waals surface area (Å²) in [6.07, 6.45) is 12.6. The number of carboxylic acids is 1. The second kappa shape index (κ2) is 35.6. The lowest BCUT2D eigenvalue weighted by atomic mass is 9.87. The molecule has 1 saturated carbocycles. The number of nitriles is 2. The Morgan fingerprint density at radius 3 is 1.52 bits per heavy atom. The highest BCUT2D eigenvalue weighted by atomic mass is 35.5. The number of aryl methyl sites for hydroxylation is 1. The summed E-state index contributed by atoms with van der Waals surface area (Å²) >= 11 is 22.8. The molecule has 13 rings (SSSR count). The molecular formula is C78H74Cl3FN12O7S3. The van der Waals surface area contributed by atoms with E-state index in [1.807, 2.05) is 110 Å². The summed E-state index contributed by atoms with van der Waals surface area (Å²) in [4.78, 5) is 86.9. The number of aliphatic carboxylic acids is 1. The van der Waals surface area contributed by atoms with Crippen molar-refractivity contribution in [1.29, 1.82) is 10.5 Å². The van der Waals surface area contributed by atoms with Gasteiger partial charge in [-0.15, -0.1) is 34.4 Å².